The molecular formula is C13H16N4OS2. The standard InChI is InChI=1S/C13H16N4OS2/c1-17-12(15-16-13(17)20-8-11(14)18)9-19-7-10-5-3-2-4-6-10/h2-6H,7-9H2,1H3,(H2,14,18). The van der Waals surface area contributed by atoms with Crippen LogP contribution in [0.1, 0.15) is 11.4 Å². The van der Waals surface area contributed by atoms with Crippen LogP contribution in [-0.2, 0) is 23.3 Å². The molecule has 0 saturated carbocycles. The van der Waals surface area contributed by atoms with E-state index in [1.54, 1.807) is 11.8 Å². The molecule has 0 spiro atoms. The molecule has 106 valence electrons. The number of hydrogen-bond acceptors (Lipinski definition) is 5. The van der Waals surface area contributed by atoms with Crippen LogP contribution < -0.4 is 5.73 Å². The SMILES string of the molecule is Cn1c(CSCc2ccccc2)nnc1SCC(N)=O. The molecule has 1 heterocycles. The molecule has 0 unspecified atom stereocenters. The van der Waals surface area contributed by atoms with Gasteiger partial charge in [0.1, 0.15) is 5.82 Å². The monoisotopic (exact) mass is 308 g/mol. The molecule has 2 rings (SSSR count). The van der Waals surface area contributed by atoms with Crippen LogP contribution in [-0.4, -0.2) is 26.4 Å². The summed E-state index contributed by atoms with van der Waals surface area (Å²) in [4.78, 5) is 10.8. The molecular weight excluding hydrogens is 292 g/mol. The van der Waals surface area contributed by atoms with Crippen LogP contribution >= 0.6 is 23.5 Å². The lowest BCUT2D eigenvalue weighted by molar-refractivity contribution is -0.115. The van der Waals surface area contributed by atoms with Crippen LogP contribution in [0.2, 0.25) is 0 Å². The van der Waals surface area contributed by atoms with E-state index in [4.69, 9.17) is 5.73 Å². The minimum Gasteiger partial charge on any atom is -0.369 e. The molecule has 0 atom stereocenters. The molecule has 1 aromatic heterocycles. The van der Waals surface area contributed by atoms with Crippen molar-refractivity contribution in [3.05, 3.63) is 41.7 Å². The van der Waals surface area contributed by atoms with Crippen LogP contribution in [0.15, 0.2) is 35.5 Å². The van der Waals surface area contributed by atoms with Crippen molar-refractivity contribution in [3.8, 4) is 0 Å². The van der Waals surface area contributed by atoms with Gasteiger partial charge in [0.05, 0.1) is 11.5 Å². The van der Waals surface area contributed by atoms with Crippen molar-refractivity contribution in [1.29, 1.82) is 0 Å². The highest BCUT2D eigenvalue weighted by molar-refractivity contribution is 7.99. The van der Waals surface area contributed by atoms with E-state index < -0.39 is 0 Å². The molecule has 2 N–H and O–H groups in total. The number of carbonyl (C=O) groups is 1. The number of primary amides is 1. The first-order valence-electron chi connectivity index (χ1n) is 6.08. The van der Waals surface area contributed by atoms with Gasteiger partial charge in [0, 0.05) is 12.8 Å². The quantitative estimate of drug-likeness (QED) is 0.790. The fourth-order valence-electron chi connectivity index (χ4n) is 1.57. The number of nitrogens with zero attached hydrogens (tertiary/aromatic N) is 3. The summed E-state index contributed by atoms with van der Waals surface area (Å²) in [6, 6.07) is 10.3. The second kappa shape index (κ2) is 7.35. The molecule has 0 aliphatic heterocycles. The third-order valence-electron chi connectivity index (χ3n) is 2.61. The van der Waals surface area contributed by atoms with E-state index in [2.05, 4.69) is 22.3 Å². The van der Waals surface area contributed by atoms with Crippen LogP contribution in [0.4, 0.5) is 0 Å². The second-order valence-electron chi connectivity index (χ2n) is 4.19. The van der Waals surface area contributed by atoms with Gasteiger partial charge in [-0.05, 0) is 5.56 Å². The summed E-state index contributed by atoms with van der Waals surface area (Å²) in [6.07, 6.45) is 0. The maximum absolute atomic E-state index is 10.8. The summed E-state index contributed by atoms with van der Waals surface area (Å²) >= 11 is 3.10. The van der Waals surface area contributed by atoms with E-state index in [1.165, 1.54) is 17.3 Å². The molecule has 20 heavy (non-hydrogen) atoms. The molecule has 0 aliphatic rings. The Bertz CT molecular complexity index is 571. The smallest absolute Gasteiger partial charge is 0.227 e. The maximum Gasteiger partial charge on any atom is 0.227 e. The summed E-state index contributed by atoms with van der Waals surface area (Å²) < 4.78 is 1.91. The second-order valence-corrected chi connectivity index (χ2v) is 6.12. The van der Waals surface area contributed by atoms with Crippen LogP contribution in [0.25, 0.3) is 0 Å². The van der Waals surface area contributed by atoms with Gasteiger partial charge in [0.25, 0.3) is 0 Å². The fraction of sp³-hybridized carbons (Fsp3) is 0.308. The number of hydrogen-bond donors (Lipinski definition) is 1. The van der Waals surface area contributed by atoms with Crippen molar-refractivity contribution in [2.24, 2.45) is 12.8 Å². The molecule has 0 fully saturated rings. The van der Waals surface area contributed by atoms with Gasteiger partial charge in [-0.1, -0.05) is 42.1 Å². The van der Waals surface area contributed by atoms with Crippen molar-refractivity contribution in [1.82, 2.24) is 14.8 Å². The van der Waals surface area contributed by atoms with Crippen LogP contribution in [0.5, 0.6) is 0 Å². The number of aromatic nitrogens is 3. The van der Waals surface area contributed by atoms with Crippen LogP contribution in [0.3, 0.4) is 0 Å². The lowest BCUT2D eigenvalue weighted by atomic mass is 10.2. The minimum atomic E-state index is -0.349. The van der Waals surface area contributed by atoms with Crippen molar-refractivity contribution in [3.63, 3.8) is 0 Å². The zero-order valence-corrected chi connectivity index (χ0v) is 12.8. The van der Waals surface area contributed by atoms with Crippen LogP contribution in [0, 0.1) is 0 Å². The summed E-state index contributed by atoms with van der Waals surface area (Å²) in [6.45, 7) is 0. The Hall–Kier alpha value is -1.47. The predicted octanol–water partition coefficient (Wildman–Crippen LogP) is 1.83. The number of thioether (sulfide) groups is 2. The summed E-state index contributed by atoms with van der Waals surface area (Å²) in [5, 5.41) is 8.93. The number of nitrogens with two attached hydrogens (primary N) is 1. The lowest BCUT2D eigenvalue weighted by Gasteiger charge is -2.03. The van der Waals surface area contributed by atoms with Crippen molar-refractivity contribution < 1.29 is 4.79 Å². The molecule has 0 aliphatic carbocycles. The van der Waals surface area contributed by atoms with E-state index >= 15 is 0 Å². The average Bonchev–Trinajstić information content (AvgIpc) is 2.79. The van der Waals surface area contributed by atoms with Gasteiger partial charge in [-0.2, -0.15) is 0 Å². The molecule has 1 aromatic carbocycles. The number of amides is 1. The van der Waals surface area contributed by atoms with E-state index in [1.807, 2.05) is 29.8 Å². The average molecular weight is 308 g/mol. The van der Waals surface area contributed by atoms with Gasteiger partial charge in [0.15, 0.2) is 5.16 Å². The summed E-state index contributed by atoms with van der Waals surface area (Å²) in [7, 11) is 1.90. The Balaban J connectivity index is 1.85. The first-order chi connectivity index (χ1) is 9.66. The number of carbonyl (C=O) groups excluding carboxylic acids is 1. The molecule has 0 radical (unpaired) electrons. The van der Waals surface area contributed by atoms with Gasteiger partial charge < -0.3 is 10.3 Å². The van der Waals surface area contributed by atoms with E-state index in [-0.39, 0.29) is 11.7 Å². The normalized spacial score (nSPS) is 10.7. The Kier molecular flexibility index (Phi) is 5.49. The molecule has 0 bridgehead atoms. The van der Waals surface area contributed by atoms with Crippen molar-refractivity contribution in [2.75, 3.05) is 5.75 Å². The van der Waals surface area contributed by atoms with Crippen molar-refractivity contribution in [2.45, 2.75) is 16.7 Å². The van der Waals surface area contributed by atoms with E-state index in [0.717, 1.165) is 22.5 Å². The molecule has 2 aromatic rings. The summed E-state index contributed by atoms with van der Waals surface area (Å²) in [5.74, 6) is 2.51. The maximum atomic E-state index is 10.8. The number of benzene rings is 1. The third kappa shape index (κ3) is 4.28. The van der Waals surface area contributed by atoms with Gasteiger partial charge in [0.2, 0.25) is 5.91 Å². The highest BCUT2D eigenvalue weighted by Crippen LogP contribution is 2.20. The highest BCUT2D eigenvalue weighted by atomic mass is 32.2. The third-order valence-corrected chi connectivity index (χ3v) is 4.65. The molecule has 1 amide bonds. The van der Waals surface area contributed by atoms with Gasteiger partial charge >= 0.3 is 0 Å². The molecule has 5 nitrogen and oxygen atoms in total. The first kappa shape index (κ1) is 14.9. The zero-order chi connectivity index (χ0) is 14.4. The predicted molar refractivity (Wildman–Crippen MR) is 82.4 cm³/mol. The highest BCUT2D eigenvalue weighted by Gasteiger charge is 2.10. The molecule has 0 saturated heterocycles. The van der Waals surface area contributed by atoms with Gasteiger partial charge in [-0.3, -0.25) is 4.79 Å². The largest absolute Gasteiger partial charge is 0.369 e. The topological polar surface area (TPSA) is 73.8 Å². The summed E-state index contributed by atoms with van der Waals surface area (Å²) in [5.41, 5.74) is 6.41. The molecule has 7 heteroatoms. The zero-order valence-electron chi connectivity index (χ0n) is 11.2. The van der Waals surface area contributed by atoms with Gasteiger partial charge in [-0.25, -0.2) is 0 Å². The Morgan fingerprint density at radius 3 is 2.70 bits per heavy atom. The number of rotatable bonds is 7. The Morgan fingerprint density at radius 1 is 1.25 bits per heavy atom. The van der Waals surface area contributed by atoms with Gasteiger partial charge in [-0.15, -0.1) is 22.0 Å². The lowest BCUT2D eigenvalue weighted by Crippen LogP contribution is -2.13. The van der Waals surface area contributed by atoms with E-state index in [9.17, 15) is 4.79 Å². The Labute approximate surface area is 126 Å². The Morgan fingerprint density at radius 2 is 2.00 bits per heavy atom. The van der Waals surface area contributed by atoms with Crippen molar-refractivity contribution >= 4 is 29.4 Å². The first-order valence-corrected chi connectivity index (χ1v) is 8.22. The fourth-order valence-corrected chi connectivity index (χ4v) is 3.20. The minimum absolute atomic E-state index is 0.225. The van der Waals surface area contributed by atoms with E-state index in [0.29, 0.717) is 0 Å².